The van der Waals surface area contributed by atoms with Crippen molar-refractivity contribution in [1.82, 2.24) is 0 Å². The second-order valence-corrected chi connectivity index (χ2v) is 14.1. The zero-order valence-corrected chi connectivity index (χ0v) is 28.6. The Morgan fingerprint density at radius 1 is 0.412 bits per heavy atom. The van der Waals surface area contributed by atoms with Crippen molar-refractivity contribution in [3.05, 3.63) is 187 Å². The van der Waals surface area contributed by atoms with Gasteiger partial charge in [0.05, 0.1) is 0 Å². The van der Waals surface area contributed by atoms with Crippen molar-refractivity contribution in [3.63, 3.8) is 0 Å². The van der Waals surface area contributed by atoms with Gasteiger partial charge >= 0.3 is 0 Å². The van der Waals surface area contributed by atoms with E-state index in [0.717, 1.165) is 39.0 Å². The van der Waals surface area contributed by atoms with E-state index in [1.807, 2.05) is 0 Å². The third-order valence-corrected chi connectivity index (χ3v) is 10.9. The average molecular weight is 654 g/mol. The van der Waals surface area contributed by atoms with Crippen molar-refractivity contribution in [2.75, 3.05) is 4.90 Å². The van der Waals surface area contributed by atoms with Crippen molar-refractivity contribution in [2.45, 2.75) is 19.3 Å². The summed E-state index contributed by atoms with van der Waals surface area (Å²) in [5.74, 6) is 0. The molecule has 0 saturated heterocycles. The predicted octanol–water partition coefficient (Wildman–Crippen LogP) is 13.8. The summed E-state index contributed by atoms with van der Waals surface area (Å²) in [6.45, 7) is 4.69. The maximum Gasteiger partial charge on any atom is 0.137 e. The molecule has 1 aliphatic carbocycles. The number of benzene rings is 8. The zero-order chi connectivity index (χ0) is 34.1. The fraction of sp³-hybridized carbons (Fsp3) is 0.0612. The number of fused-ring (bicyclic) bond motifs is 8. The highest BCUT2D eigenvalue weighted by atomic mass is 16.3. The lowest BCUT2D eigenvalue weighted by Gasteiger charge is -2.29. The maximum absolute atomic E-state index is 6.62. The third-order valence-electron chi connectivity index (χ3n) is 10.9. The van der Waals surface area contributed by atoms with Crippen LogP contribution in [-0.2, 0) is 5.41 Å². The van der Waals surface area contributed by atoms with E-state index < -0.39 is 0 Å². The monoisotopic (exact) mass is 653 g/mol. The van der Waals surface area contributed by atoms with Gasteiger partial charge in [-0.05, 0) is 97.7 Å². The van der Waals surface area contributed by atoms with E-state index in [-0.39, 0.29) is 5.41 Å². The Morgan fingerprint density at radius 2 is 1.02 bits per heavy atom. The minimum absolute atomic E-state index is 0.121. The van der Waals surface area contributed by atoms with Crippen LogP contribution in [-0.4, -0.2) is 0 Å². The van der Waals surface area contributed by atoms with Crippen LogP contribution in [0.15, 0.2) is 180 Å². The lowest BCUT2D eigenvalue weighted by molar-refractivity contribution is 0.660. The highest BCUT2D eigenvalue weighted by Gasteiger charge is 2.35. The Labute approximate surface area is 297 Å². The SMILES string of the molecule is CC1(C)c2ccccc2-c2ccc(N(c3ccc(-c4ccccc4)c(-c4ccccc4)c3)c3ccc4c(c3)oc3ccc5ccccc5c34)cc21. The molecule has 242 valence electrons. The molecule has 2 nitrogen and oxygen atoms in total. The van der Waals surface area contributed by atoms with E-state index in [0.29, 0.717) is 0 Å². The lowest BCUT2D eigenvalue weighted by atomic mass is 9.82. The summed E-state index contributed by atoms with van der Waals surface area (Å²) in [5, 5.41) is 4.71. The highest BCUT2D eigenvalue weighted by Crippen LogP contribution is 2.51. The maximum atomic E-state index is 6.62. The first-order valence-corrected chi connectivity index (χ1v) is 17.7. The quantitative estimate of drug-likeness (QED) is 0.184. The van der Waals surface area contributed by atoms with Gasteiger partial charge in [0.25, 0.3) is 0 Å². The van der Waals surface area contributed by atoms with E-state index in [1.54, 1.807) is 0 Å². The van der Waals surface area contributed by atoms with E-state index in [2.05, 4.69) is 195 Å². The molecule has 8 aromatic carbocycles. The first-order valence-electron chi connectivity index (χ1n) is 17.7. The first kappa shape index (κ1) is 29.5. The normalized spacial score (nSPS) is 13.1. The van der Waals surface area contributed by atoms with Crippen molar-refractivity contribution in [1.29, 1.82) is 0 Å². The van der Waals surface area contributed by atoms with Crippen molar-refractivity contribution in [3.8, 4) is 33.4 Å². The molecule has 10 rings (SSSR count). The molecule has 51 heavy (non-hydrogen) atoms. The van der Waals surface area contributed by atoms with Crippen LogP contribution in [0.3, 0.4) is 0 Å². The van der Waals surface area contributed by atoms with E-state index >= 15 is 0 Å². The van der Waals surface area contributed by atoms with Crippen LogP contribution in [0, 0.1) is 0 Å². The van der Waals surface area contributed by atoms with Crippen LogP contribution in [0.25, 0.3) is 66.1 Å². The van der Waals surface area contributed by atoms with E-state index in [4.69, 9.17) is 4.42 Å². The number of hydrogen-bond donors (Lipinski definition) is 0. The van der Waals surface area contributed by atoms with Gasteiger partial charge in [-0.25, -0.2) is 0 Å². The smallest absolute Gasteiger partial charge is 0.137 e. The van der Waals surface area contributed by atoms with Gasteiger partial charge in [-0.1, -0.05) is 141 Å². The fourth-order valence-electron chi connectivity index (χ4n) is 8.35. The molecule has 0 aliphatic heterocycles. The summed E-state index contributed by atoms with van der Waals surface area (Å²) in [6.07, 6.45) is 0. The topological polar surface area (TPSA) is 16.4 Å². The lowest BCUT2D eigenvalue weighted by Crippen LogP contribution is -2.16. The molecule has 0 amide bonds. The van der Waals surface area contributed by atoms with Crippen molar-refractivity contribution in [2.24, 2.45) is 0 Å². The Morgan fingerprint density at radius 3 is 1.82 bits per heavy atom. The summed E-state index contributed by atoms with van der Waals surface area (Å²) < 4.78 is 6.62. The van der Waals surface area contributed by atoms with Crippen LogP contribution in [0.4, 0.5) is 17.1 Å². The van der Waals surface area contributed by atoms with Gasteiger partial charge in [-0.2, -0.15) is 0 Å². The largest absolute Gasteiger partial charge is 0.456 e. The van der Waals surface area contributed by atoms with Gasteiger partial charge in [0.2, 0.25) is 0 Å². The van der Waals surface area contributed by atoms with Gasteiger partial charge < -0.3 is 9.32 Å². The standard InChI is InChI=1S/C49H35NO/c1-49(2)44-20-12-11-19-40(44)41-26-23-36(30-45(41)49)50(35-22-25-38(32-13-5-3-6-14-32)43(29-35)33-15-7-4-8-16-33)37-24-27-42-47(31-37)51-46-28-21-34-17-9-10-18-39(34)48(42)46/h3-31H,1-2H3. The Bertz CT molecular complexity index is 2770. The molecule has 0 saturated carbocycles. The van der Waals surface area contributed by atoms with Crippen LogP contribution in [0.5, 0.6) is 0 Å². The van der Waals surface area contributed by atoms with Crippen molar-refractivity contribution < 1.29 is 4.42 Å². The minimum atomic E-state index is -0.121. The zero-order valence-electron chi connectivity index (χ0n) is 28.6. The molecule has 0 spiro atoms. The van der Waals surface area contributed by atoms with Gasteiger partial charge in [0, 0.05) is 39.3 Å². The molecule has 0 unspecified atom stereocenters. The van der Waals surface area contributed by atoms with Crippen LogP contribution < -0.4 is 4.90 Å². The number of anilines is 3. The van der Waals surface area contributed by atoms with Gasteiger partial charge in [0.15, 0.2) is 0 Å². The Kier molecular flexibility index (Phi) is 6.56. The molecule has 1 heterocycles. The molecular weight excluding hydrogens is 619 g/mol. The fourth-order valence-corrected chi connectivity index (χ4v) is 8.35. The summed E-state index contributed by atoms with van der Waals surface area (Å²) in [5.41, 5.74) is 15.0. The summed E-state index contributed by atoms with van der Waals surface area (Å²) in [4.78, 5) is 2.39. The first-order chi connectivity index (χ1) is 25.0. The molecule has 0 atom stereocenters. The summed E-state index contributed by atoms with van der Waals surface area (Å²) in [6, 6.07) is 63.6. The van der Waals surface area contributed by atoms with Crippen LogP contribution in [0.1, 0.15) is 25.0 Å². The third kappa shape index (κ3) is 4.64. The molecule has 0 fully saturated rings. The van der Waals surface area contributed by atoms with Gasteiger partial charge in [-0.3, -0.25) is 0 Å². The van der Waals surface area contributed by atoms with Gasteiger partial charge in [-0.15, -0.1) is 0 Å². The molecule has 9 aromatic rings. The minimum Gasteiger partial charge on any atom is -0.456 e. The number of hydrogen-bond acceptors (Lipinski definition) is 2. The predicted molar refractivity (Wildman–Crippen MR) is 214 cm³/mol. The molecule has 2 heteroatoms. The molecule has 0 radical (unpaired) electrons. The highest BCUT2D eigenvalue weighted by molar-refractivity contribution is 6.19. The average Bonchev–Trinajstić information content (AvgIpc) is 3.67. The number of furan rings is 1. The second kappa shape index (κ2) is 11.3. The van der Waals surface area contributed by atoms with Crippen LogP contribution in [0.2, 0.25) is 0 Å². The second-order valence-electron chi connectivity index (χ2n) is 14.1. The van der Waals surface area contributed by atoms with Gasteiger partial charge in [0.1, 0.15) is 11.2 Å². The van der Waals surface area contributed by atoms with Crippen LogP contribution >= 0.6 is 0 Å². The number of rotatable bonds is 5. The molecule has 0 N–H and O–H groups in total. The van der Waals surface area contributed by atoms with E-state index in [9.17, 15) is 0 Å². The Balaban J connectivity index is 1.21. The summed E-state index contributed by atoms with van der Waals surface area (Å²) in [7, 11) is 0. The molecular formula is C49H35NO. The molecule has 0 bridgehead atoms. The molecule has 1 aromatic heterocycles. The molecule has 1 aliphatic rings. The Hall–Kier alpha value is -6.38. The van der Waals surface area contributed by atoms with Crippen molar-refractivity contribution >= 4 is 49.8 Å². The summed E-state index contributed by atoms with van der Waals surface area (Å²) >= 11 is 0. The van der Waals surface area contributed by atoms with E-state index in [1.165, 1.54) is 55.3 Å². The number of nitrogens with zero attached hydrogens (tertiary/aromatic N) is 1.